The molecule has 0 amide bonds. The largest absolute Gasteiger partial charge is 0.378 e. The van der Waals surface area contributed by atoms with Crippen LogP contribution in [0.15, 0.2) is 53.6 Å². The van der Waals surface area contributed by atoms with Crippen molar-refractivity contribution in [1.82, 2.24) is 19.7 Å². The number of morpholine rings is 1. The van der Waals surface area contributed by atoms with Gasteiger partial charge in [0.05, 0.1) is 30.4 Å². The maximum Gasteiger partial charge on any atom is 0.293 e. The van der Waals surface area contributed by atoms with Crippen LogP contribution >= 0.6 is 0 Å². The second-order valence-electron chi connectivity index (χ2n) is 7.40. The van der Waals surface area contributed by atoms with E-state index in [1.165, 1.54) is 16.8 Å². The Morgan fingerprint density at radius 3 is 2.65 bits per heavy atom. The van der Waals surface area contributed by atoms with Crippen LogP contribution in [-0.4, -0.2) is 46.1 Å². The highest BCUT2D eigenvalue weighted by atomic mass is 19.1. The first kappa shape index (κ1) is 19.3. The minimum atomic E-state index is -0.430. The maximum absolute atomic E-state index is 14.7. The van der Waals surface area contributed by atoms with Gasteiger partial charge in [0.2, 0.25) is 0 Å². The average molecular weight is 420 g/mol. The summed E-state index contributed by atoms with van der Waals surface area (Å²) in [5.74, 6) is -0.287. The molecule has 5 rings (SSSR count). The number of H-pyrrole nitrogens is 1. The maximum atomic E-state index is 14.7. The van der Waals surface area contributed by atoms with Crippen molar-refractivity contribution in [3.63, 3.8) is 0 Å². The van der Waals surface area contributed by atoms with Crippen LogP contribution in [0, 0.1) is 5.82 Å². The van der Waals surface area contributed by atoms with Crippen LogP contribution in [0.3, 0.4) is 0 Å². The number of benzene rings is 2. The van der Waals surface area contributed by atoms with E-state index in [-0.39, 0.29) is 11.4 Å². The van der Waals surface area contributed by atoms with Crippen molar-refractivity contribution in [3.8, 4) is 11.1 Å². The van der Waals surface area contributed by atoms with Crippen LogP contribution in [0.1, 0.15) is 0 Å². The van der Waals surface area contributed by atoms with Gasteiger partial charge in [-0.25, -0.2) is 9.37 Å². The first-order valence-electron chi connectivity index (χ1n) is 9.99. The van der Waals surface area contributed by atoms with Gasteiger partial charge in [0.1, 0.15) is 5.82 Å². The van der Waals surface area contributed by atoms with Crippen molar-refractivity contribution in [3.05, 3.63) is 65.0 Å². The number of fused-ring (bicyclic) bond motifs is 1. The van der Waals surface area contributed by atoms with Gasteiger partial charge in [-0.1, -0.05) is 0 Å². The molecule has 8 nitrogen and oxygen atoms in total. The Labute approximate surface area is 177 Å². The van der Waals surface area contributed by atoms with Gasteiger partial charge in [0.15, 0.2) is 5.82 Å². The number of aromatic nitrogens is 4. The molecular weight excluding hydrogens is 399 g/mol. The monoisotopic (exact) mass is 420 g/mol. The van der Waals surface area contributed by atoms with Gasteiger partial charge in [-0.2, -0.15) is 5.10 Å². The average Bonchev–Trinajstić information content (AvgIpc) is 3.33. The SMILES string of the molecule is Cn1c(=O)c(Nc2ccc(N3CCOCC3)cc2)nc2cc(F)c(-c3cn[nH]c3)cc21. The number of nitrogens with zero attached hydrogens (tertiary/aromatic N) is 4. The molecule has 2 aromatic heterocycles. The second-order valence-corrected chi connectivity index (χ2v) is 7.40. The molecule has 2 N–H and O–H groups in total. The Morgan fingerprint density at radius 1 is 1.16 bits per heavy atom. The molecule has 0 atom stereocenters. The molecule has 31 heavy (non-hydrogen) atoms. The second kappa shape index (κ2) is 7.84. The molecule has 4 aromatic rings. The lowest BCUT2D eigenvalue weighted by Gasteiger charge is -2.28. The number of aryl methyl sites for hydroxylation is 1. The topological polar surface area (TPSA) is 88.1 Å². The van der Waals surface area contributed by atoms with Crippen LogP contribution in [0.4, 0.5) is 21.6 Å². The third-order valence-corrected chi connectivity index (χ3v) is 5.48. The molecule has 2 aromatic carbocycles. The van der Waals surface area contributed by atoms with Gasteiger partial charge in [-0.3, -0.25) is 9.89 Å². The number of rotatable bonds is 4. The minimum absolute atomic E-state index is 0.143. The lowest BCUT2D eigenvalue weighted by Crippen LogP contribution is -2.36. The van der Waals surface area contributed by atoms with E-state index in [1.54, 1.807) is 19.3 Å². The van der Waals surface area contributed by atoms with Gasteiger partial charge in [0.25, 0.3) is 5.56 Å². The quantitative estimate of drug-likeness (QED) is 0.528. The van der Waals surface area contributed by atoms with Gasteiger partial charge < -0.3 is 19.5 Å². The van der Waals surface area contributed by atoms with E-state index in [9.17, 15) is 9.18 Å². The molecule has 0 spiro atoms. The van der Waals surface area contributed by atoms with Crippen molar-refractivity contribution in [2.24, 2.45) is 7.05 Å². The first-order chi connectivity index (χ1) is 15.1. The molecule has 1 aliphatic rings. The lowest BCUT2D eigenvalue weighted by molar-refractivity contribution is 0.122. The van der Waals surface area contributed by atoms with Crippen molar-refractivity contribution in [2.45, 2.75) is 0 Å². The van der Waals surface area contributed by atoms with Crippen LogP contribution in [0.5, 0.6) is 0 Å². The summed E-state index contributed by atoms with van der Waals surface area (Å²) in [6, 6.07) is 10.7. The van der Waals surface area contributed by atoms with Crippen LogP contribution in [0.25, 0.3) is 22.2 Å². The van der Waals surface area contributed by atoms with Gasteiger partial charge in [-0.15, -0.1) is 0 Å². The highest BCUT2D eigenvalue weighted by Gasteiger charge is 2.15. The Bertz CT molecular complexity index is 1280. The normalized spacial score (nSPS) is 14.2. The number of hydrogen-bond acceptors (Lipinski definition) is 6. The summed E-state index contributed by atoms with van der Waals surface area (Å²) >= 11 is 0. The summed E-state index contributed by atoms with van der Waals surface area (Å²) in [5, 5.41) is 9.60. The van der Waals surface area contributed by atoms with E-state index in [0.29, 0.717) is 22.2 Å². The molecule has 1 fully saturated rings. The number of anilines is 3. The summed E-state index contributed by atoms with van der Waals surface area (Å²) in [6.07, 6.45) is 3.14. The number of halogens is 1. The Kier molecular flexibility index (Phi) is 4.87. The van der Waals surface area contributed by atoms with E-state index in [2.05, 4.69) is 25.4 Å². The van der Waals surface area contributed by atoms with Gasteiger partial charge >= 0.3 is 0 Å². The molecule has 3 heterocycles. The van der Waals surface area contributed by atoms with E-state index >= 15 is 0 Å². The molecule has 0 radical (unpaired) electrons. The number of ether oxygens (including phenoxy) is 1. The number of hydrogen-bond donors (Lipinski definition) is 2. The fraction of sp³-hybridized carbons (Fsp3) is 0.227. The zero-order valence-electron chi connectivity index (χ0n) is 16.9. The van der Waals surface area contributed by atoms with E-state index in [4.69, 9.17) is 4.74 Å². The molecule has 1 aliphatic heterocycles. The standard InChI is InChI=1S/C22H21FN6O2/c1-28-20-10-17(14-12-24-25-13-14)18(23)11-19(20)27-21(22(28)30)26-15-2-4-16(5-3-15)29-6-8-31-9-7-29/h2-5,10-13H,6-9H2,1H3,(H,24,25)(H,26,27). The number of aromatic amines is 1. The fourth-order valence-electron chi connectivity index (χ4n) is 3.76. The summed E-state index contributed by atoms with van der Waals surface area (Å²) in [7, 11) is 1.65. The van der Waals surface area contributed by atoms with E-state index in [1.807, 2.05) is 24.3 Å². The Hall–Kier alpha value is -3.72. The molecule has 9 heteroatoms. The minimum Gasteiger partial charge on any atom is -0.378 e. The third kappa shape index (κ3) is 3.64. The lowest BCUT2D eigenvalue weighted by atomic mass is 10.1. The van der Waals surface area contributed by atoms with Crippen molar-refractivity contribution in [1.29, 1.82) is 0 Å². The molecule has 0 saturated carbocycles. The van der Waals surface area contributed by atoms with Gasteiger partial charge in [-0.05, 0) is 30.3 Å². The van der Waals surface area contributed by atoms with Crippen LogP contribution in [-0.2, 0) is 11.8 Å². The molecule has 0 bridgehead atoms. The smallest absolute Gasteiger partial charge is 0.293 e. The van der Waals surface area contributed by atoms with E-state index < -0.39 is 5.82 Å². The van der Waals surface area contributed by atoms with Gasteiger partial charge in [0, 0.05) is 54.9 Å². The highest BCUT2D eigenvalue weighted by molar-refractivity contribution is 5.83. The predicted molar refractivity (Wildman–Crippen MR) is 117 cm³/mol. The summed E-state index contributed by atoms with van der Waals surface area (Å²) in [5.41, 5.74) is 3.43. The van der Waals surface area contributed by atoms with Crippen molar-refractivity contribution in [2.75, 3.05) is 36.5 Å². The van der Waals surface area contributed by atoms with Crippen molar-refractivity contribution < 1.29 is 9.13 Å². The van der Waals surface area contributed by atoms with Crippen LogP contribution in [0.2, 0.25) is 0 Å². The summed E-state index contributed by atoms with van der Waals surface area (Å²) in [6.45, 7) is 3.14. The Balaban J connectivity index is 1.47. The van der Waals surface area contributed by atoms with Crippen LogP contribution < -0.4 is 15.8 Å². The van der Waals surface area contributed by atoms with Crippen molar-refractivity contribution >= 4 is 28.2 Å². The zero-order chi connectivity index (χ0) is 21.4. The fourth-order valence-corrected chi connectivity index (χ4v) is 3.76. The third-order valence-electron chi connectivity index (χ3n) is 5.48. The number of nitrogens with one attached hydrogen (secondary N) is 2. The molecule has 1 saturated heterocycles. The summed E-state index contributed by atoms with van der Waals surface area (Å²) < 4.78 is 21.5. The summed E-state index contributed by atoms with van der Waals surface area (Å²) in [4.78, 5) is 19.5. The Morgan fingerprint density at radius 2 is 1.94 bits per heavy atom. The molecule has 0 aliphatic carbocycles. The first-order valence-corrected chi connectivity index (χ1v) is 9.99. The molecule has 158 valence electrons. The predicted octanol–water partition coefficient (Wildman–Crippen LogP) is 3.04. The highest BCUT2D eigenvalue weighted by Crippen LogP contribution is 2.27. The molecule has 0 unspecified atom stereocenters. The van der Waals surface area contributed by atoms with E-state index in [0.717, 1.165) is 37.7 Å². The molecular formula is C22H21FN6O2. The zero-order valence-corrected chi connectivity index (χ0v) is 16.9.